The lowest BCUT2D eigenvalue weighted by Crippen LogP contribution is -2.39. The third kappa shape index (κ3) is 7.32. The summed E-state index contributed by atoms with van der Waals surface area (Å²) in [5.74, 6) is -1.31. The van der Waals surface area contributed by atoms with Gasteiger partial charge in [-0.05, 0) is 33.4 Å². The van der Waals surface area contributed by atoms with Gasteiger partial charge in [0.15, 0.2) is 12.2 Å². The molecule has 1 fully saturated rings. The second kappa shape index (κ2) is 14.8. The summed E-state index contributed by atoms with van der Waals surface area (Å²) < 4.78 is 31.3. The zero-order chi connectivity index (χ0) is 28.5. The molecule has 212 valence electrons. The Labute approximate surface area is 238 Å². The van der Waals surface area contributed by atoms with E-state index in [0.29, 0.717) is 0 Å². The molecule has 3 aromatic rings. The molecule has 1 aliphatic rings. The summed E-state index contributed by atoms with van der Waals surface area (Å²) in [6.07, 6.45) is -2.81. The summed E-state index contributed by atoms with van der Waals surface area (Å²) in [5.41, 5.74) is 0.985. The van der Waals surface area contributed by atoms with Gasteiger partial charge in [0, 0.05) is 16.7 Å². The van der Waals surface area contributed by atoms with Gasteiger partial charge >= 0.3 is 11.9 Å². The van der Waals surface area contributed by atoms with E-state index in [2.05, 4.69) is 24.3 Å². The first-order valence-corrected chi connectivity index (χ1v) is 15.6. The van der Waals surface area contributed by atoms with Crippen molar-refractivity contribution in [3.8, 4) is 0 Å². The molecule has 0 unspecified atom stereocenters. The number of likely N-dealkylation sites (N-methyl/N-ethyl adjacent to an activating group) is 1. The minimum atomic E-state index is -1.81. The number of benzene rings is 3. The van der Waals surface area contributed by atoms with Crippen molar-refractivity contribution in [2.24, 2.45) is 0 Å². The van der Waals surface area contributed by atoms with E-state index >= 15 is 0 Å². The fourth-order valence-corrected chi connectivity index (χ4v) is 7.69. The molecule has 1 saturated heterocycles. The zero-order valence-electron chi connectivity index (χ0n) is 23.1. The average Bonchev–Trinajstić information content (AvgIpc) is 3.45. The summed E-state index contributed by atoms with van der Waals surface area (Å²) >= 11 is 0. The first-order valence-electron chi connectivity index (χ1n) is 13.3. The smallest absolute Gasteiger partial charge is 0.339 e. The Bertz CT molecular complexity index is 1150. The molecule has 0 spiro atoms. The van der Waals surface area contributed by atoms with Crippen LogP contribution in [0.15, 0.2) is 91.0 Å². The molecule has 10 heteroatoms. The second-order valence-electron chi connectivity index (χ2n) is 9.01. The van der Waals surface area contributed by atoms with E-state index in [1.54, 1.807) is 13.8 Å². The van der Waals surface area contributed by atoms with Crippen LogP contribution in [0.25, 0.3) is 0 Å². The molecular weight excluding hydrogens is 548 g/mol. The van der Waals surface area contributed by atoms with Gasteiger partial charge in [-0.2, -0.15) is 0 Å². The van der Waals surface area contributed by atoms with Crippen LogP contribution in [0.2, 0.25) is 0 Å². The first-order chi connectivity index (χ1) is 19.4. The average molecular weight is 584 g/mol. The van der Waals surface area contributed by atoms with Crippen LogP contribution < -0.4 is 10.6 Å². The highest BCUT2D eigenvalue weighted by atomic mass is 31.2. The molecule has 4 atom stereocenters. The summed E-state index contributed by atoms with van der Waals surface area (Å²) in [4.78, 5) is 25.3. The second-order valence-corrected chi connectivity index (χ2v) is 12.4. The molecule has 0 amide bonds. The van der Waals surface area contributed by atoms with Gasteiger partial charge in [0.05, 0.1) is 21.4 Å². The van der Waals surface area contributed by atoms with E-state index < -0.39 is 46.9 Å². The minimum Gasteiger partial charge on any atom is -0.464 e. The third-order valence-electron chi connectivity index (χ3n) is 6.33. The largest absolute Gasteiger partial charge is 0.464 e. The molecule has 0 saturated carbocycles. The highest BCUT2D eigenvalue weighted by Crippen LogP contribution is 2.54. The van der Waals surface area contributed by atoms with Crippen molar-refractivity contribution in [1.29, 1.82) is 0 Å². The summed E-state index contributed by atoms with van der Waals surface area (Å²) in [6, 6.07) is 30.1. The normalized spacial score (nSPS) is 18.9. The Hall–Kier alpha value is -2.70. The number of rotatable bonds is 12. The number of hydrogen-bond acceptors (Lipinski definition) is 8. The Morgan fingerprint density at radius 3 is 1.65 bits per heavy atom. The van der Waals surface area contributed by atoms with Crippen LogP contribution in [0.1, 0.15) is 32.4 Å². The SMILES string of the molecule is CCOC(=O)[C@@H]1OP(N(C)[C@H](C)[C@@H](OP(c2ccccc2)c2ccccc2)c2ccccc2)O[C@H]1C(=O)OCC. The fraction of sp³-hybridized carbons (Fsp3) is 0.333. The van der Waals surface area contributed by atoms with Crippen molar-refractivity contribution in [1.82, 2.24) is 4.67 Å². The summed E-state index contributed by atoms with van der Waals surface area (Å²) in [5, 5.41) is 2.17. The highest BCUT2D eigenvalue weighted by molar-refractivity contribution is 7.68. The van der Waals surface area contributed by atoms with E-state index in [4.69, 9.17) is 23.0 Å². The molecule has 0 radical (unpaired) electrons. The molecular formula is C30H35NO7P2. The molecule has 0 aliphatic carbocycles. The maximum atomic E-state index is 12.7. The van der Waals surface area contributed by atoms with Gasteiger partial charge in [-0.3, -0.25) is 0 Å². The molecule has 40 heavy (non-hydrogen) atoms. The number of nitrogens with zero attached hydrogens (tertiary/aromatic N) is 1. The Kier molecular flexibility index (Phi) is 11.2. The van der Waals surface area contributed by atoms with Gasteiger partial charge in [0.1, 0.15) is 6.10 Å². The van der Waals surface area contributed by atoms with Crippen molar-refractivity contribution >= 4 is 39.2 Å². The van der Waals surface area contributed by atoms with E-state index in [-0.39, 0.29) is 19.3 Å². The fourth-order valence-electron chi connectivity index (χ4n) is 4.19. The topological polar surface area (TPSA) is 83.5 Å². The van der Waals surface area contributed by atoms with Crippen LogP contribution in [-0.2, 0) is 32.6 Å². The Balaban J connectivity index is 1.64. The zero-order valence-corrected chi connectivity index (χ0v) is 24.9. The Morgan fingerprint density at radius 2 is 1.23 bits per heavy atom. The predicted octanol–water partition coefficient (Wildman–Crippen LogP) is 5.25. The molecule has 4 rings (SSSR count). The maximum Gasteiger partial charge on any atom is 0.339 e. The Morgan fingerprint density at radius 1 is 0.800 bits per heavy atom. The summed E-state index contributed by atoms with van der Waals surface area (Å²) in [7, 11) is -1.14. The van der Waals surface area contributed by atoms with E-state index in [0.717, 1.165) is 16.2 Å². The summed E-state index contributed by atoms with van der Waals surface area (Å²) in [6.45, 7) is 5.73. The van der Waals surface area contributed by atoms with Crippen molar-refractivity contribution in [3.05, 3.63) is 96.6 Å². The lowest BCUT2D eigenvalue weighted by atomic mass is 10.0. The lowest BCUT2D eigenvalue weighted by molar-refractivity contribution is -0.163. The maximum absolute atomic E-state index is 12.7. The quantitative estimate of drug-likeness (QED) is 0.211. The predicted molar refractivity (Wildman–Crippen MR) is 156 cm³/mol. The number of carbonyl (C=O) groups excluding carboxylic acids is 2. The molecule has 8 nitrogen and oxygen atoms in total. The van der Waals surface area contributed by atoms with Crippen molar-refractivity contribution in [2.75, 3.05) is 20.3 Å². The van der Waals surface area contributed by atoms with Crippen LogP contribution in [0.5, 0.6) is 0 Å². The van der Waals surface area contributed by atoms with E-state index in [1.165, 1.54) is 0 Å². The van der Waals surface area contributed by atoms with Crippen LogP contribution >= 0.6 is 16.7 Å². The van der Waals surface area contributed by atoms with Crippen LogP contribution in [-0.4, -0.2) is 55.1 Å². The number of hydrogen-bond donors (Lipinski definition) is 0. The molecule has 3 aromatic carbocycles. The highest BCUT2D eigenvalue weighted by Gasteiger charge is 2.50. The molecule has 0 N–H and O–H groups in total. The van der Waals surface area contributed by atoms with Gasteiger partial charge in [-0.1, -0.05) is 91.0 Å². The third-order valence-corrected chi connectivity index (χ3v) is 10.0. The monoisotopic (exact) mass is 583 g/mol. The lowest BCUT2D eigenvalue weighted by Gasteiger charge is -2.35. The molecule has 0 aromatic heterocycles. The van der Waals surface area contributed by atoms with E-state index in [9.17, 15) is 9.59 Å². The molecule has 1 heterocycles. The van der Waals surface area contributed by atoms with Gasteiger partial charge in [0.2, 0.25) is 0 Å². The van der Waals surface area contributed by atoms with Gasteiger partial charge in [0.25, 0.3) is 8.53 Å². The van der Waals surface area contributed by atoms with Crippen LogP contribution in [0.4, 0.5) is 0 Å². The minimum absolute atomic E-state index is 0.158. The number of esters is 2. The first kappa shape index (κ1) is 30.3. The van der Waals surface area contributed by atoms with E-state index in [1.807, 2.05) is 85.4 Å². The van der Waals surface area contributed by atoms with Crippen LogP contribution in [0.3, 0.4) is 0 Å². The van der Waals surface area contributed by atoms with Gasteiger partial charge in [-0.15, -0.1) is 0 Å². The standard InChI is InChI=1S/C30H35NO7P2/c1-5-34-29(32)27-28(30(33)35-6-2)38-40(37-27)31(4)22(3)26(23-16-10-7-11-17-23)36-39(24-18-12-8-13-19-24)25-20-14-9-15-21-25/h7-22,26-28H,5-6H2,1-4H3/t22-,26-,27-,28-/m1/s1. The van der Waals surface area contributed by atoms with Crippen molar-refractivity contribution in [3.63, 3.8) is 0 Å². The molecule has 0 bridgehead atoms. The number of carbonyl (C=O) groups is 2. The molecule has 1 aliphatic heterocycles. The van der Waals surface area contributed by atoms with Crippen molar-refractivity contribution in [2.45, 2.75) is 45.1 Å². The van der Waals surface area contributed by atoms with Crippen molar-refractivity contribution < 1.29 is 32.6 Å². The van der Waals surface area contributed by atoms with Crippen LogP contribution in [0, 0.1) is 0 Å². The van der Waals surface area contributed by atoms with Gasteiger partial charge in [-0.25, -0.2) is 14.3 Å². The van der Waals surface area contributed by atoms with Gasteiger partial charge < -0.3 is 23.0 Å². The number of ether oxygens (including phenoxy) is 2.